The second-order valence-corrected chi connectivity index (χ2v) is 4.18. The van der Waals surface area contributed by atoms with Gasteiger partial charge in [-0.2, -0.15) is 13.2 Å². The van der Waals surface area contributed by atoms with Crippen molar-refractivity contribution in [2.75, 3.05) is 0 Å². The van der Waals surface area contributed by atoms with Crippen LogP contribution in [0.2, 0.25) is 0 Å². The second-order valence-electron chi connectivity index (χ2n) is 4.18. The maximum Gasteiger partial charge on any atom is 0.416 e. The third-order valence-electron chi connectivity index (χ3n) is 2.69. The number of alkyl halides is 3. The van der Waals surface area contributed by atoms with Gasteiger partial charge in [0, 0.05) is 0 Å². The summed E-state index contributed by atoms with van der Waals surface area (Å²) < 4.78 is 38.9. The lowest BCUT2D eigenvalue weighted by molar-refractivity contribution is -0.138. The number of fused-ring (bicyclic) bond motifs is 1. The minimum atomic E-state index is -4.44. The van der Waals surface area contributed by atoms with E-state index in [1.54, 1.807) is 6.92 Å². The zero-order valence-corrected chi connectivity index (χ0v) is 9.85. The summed E-state index contributed by atoms with van der Waals surface area (Å²) in [6.07, 6.45) is -4.62. The van der Waals surface area contributed by atoms with Crippen LogP contribution < -0.4 is 0 Å². The first-order valence-corrected chi connectivity index (χ1v) is 5.43. The molecule has 0 aliphatic carbocycles. The number of halogens is 3. The van der Waals surface area contributed by atoms with Crippen LogP contribution in [-0.4, -0.2) is 26.1 Å². The first kappa shape index (κ1) is 13.3. The van der Waals surface area contributed by atoms with Crippen molar-refractivity contribution in [2.24, 2.45) is 0 Å². The number of nitrogens with zero attached hydrogens (tertiary/aromatic N) is 3. The normalized spacial score (nSPS) is 13.7. The summed E-state index contributed by atoms with van der Waals surface area (Å²) in [5.41, 5.74) is -0.341. The van der Waals surface area contributed by atoms with Crippen LogP contribution in [0.4, 0.5) is 13.2 Å². The van der Waals surface area contributed by atoms with Crippen LogP contribution in [0.25, 0.3) is 11.0 Å². The van der Waals surface area contributed by atoms with E-state index in [0.717, 1.165) is 12.1 Å². The topological polar surface area (TPSA) is 68.0 Å². The molecule has 1 heterocycles. The van der Waals surface area contributed by atoms with Crippen LogP contribution in [0, 0.1) is 0 Å². The number of aromatic nitrogens is 3. The fraction of sp³-hybridized carbons (Fsp3) is 0.364. The van der Waals surface area contributed by atoms with Gasteiger partial charge in [-0.15, -0.1) is 5.10 Å². The molecular formula is C11H10F3N3O2. The molecule has 0 amide bonds. The molecule has 5 nitrogen and oxygen atoms in total. The summed E-state index contributed by atoms with van der Waals surface area (Å²) in [5, 5.41) is 16.0. The minimum absolute atomic E-state index is 0.0899. The number of rotatable bonds is 3. The molecular weight excluding hydrogens is 263 g/mol. The zero-order valence-electron chi connectivity index (χ0n) is 9.85. The molecule has 1 aromatic heterocycles. The largest absolute Gasteiger partial charge is 0.481 e. The van der Waals surface area contributed by atoms with Gasteiger partial charge >= 0.3 is 12.1 Å². The summed E-state index contributed by atoms with van der Waals surface area (Å²) in [5.74, 6) is -1.01. The van der Waals surface area contributed by atoms with E-state index in [1.807, 2.05) is 0 Å². The van der Waals surface area contributed by atoms with Gasteiger partial charge in [-0.25, -0.2) is 4.68 Å². The Labute approximate surface area is 105 Å². The van der Waals surface area contributed by atoms with Crippen LogP contribution in [-0.2, 0) is 11.0 Å². The van der Waals surface area contributed by atoms with E-state index in [2.05, 4.69) is 10.3 Å². The van der Waals surface area contributed by atoms with Crippen LogP contribution in [0.1, 0.15) is 24.9 Å². The highest BCUT2D eigenvalue weighted by molar-refractivity contribution is 5.76. The highest BCUT2D eigenvalue weighted by Crippen LogP contribution is 2.31. The van der Waals surface area contributed by atoms with E-state index in [4.69, 9.17) is 5.11 Å². The first-order chi connectivity index (χ1) is 8.79. The smallest absolute Gasteiger partial charge is 0.416 e. The maximum absolute atomic E-state index is 12.5. The van der Waals surface area contributed by atoms with Gasteiger partial charge < -0.3 is 5.11 Å². The molecule has 1 atom stereocenters. The van der Waals surface area contributed by atoms with Gasteiger partial charge in [-0.05, 0) is 25.1 Å². The van der Waals surface area contributed by atoms with E-state index in [1.165, 1.54) is 10.7 Å². The monoisotopic (exact) mass is 273 g/mol. The van der Waals surface area contributed by atoms with E-state index in [-0.39, 0.29) is 11.9 Å². The van der Waals surface area contributed by atoms with Crippen molar-refractivity contribution < 1.29 is 23.1 Å². The van der Waals surface area contributed by atoms with Crippen LogP contribution >= 0.6 is 0 Å². The molecule has 0 spiro atoms. The van der Waals surface area contributed by atoms with Crippen LogP contribution in [0.15, 0.2) is 18.2 Å². The van der Waals surface area contributed by atoms with Gasteiger partial charge in [-0.1, -0.05) is 5.21 Å². The minimum Gasteiger partial charge on any atom is -0.481 e. The van der Waals surface area contributed by atoms with Gasteiger partial charge in [0.1, 0.15) is 5.52 Å². The highest BCUT2D eigenvalue weighted by atomic mass is 19.4. The third-order valence-corrected chi connectivity index (χ3v) is 2.69. The quantitative estimate of drug-likeness (QED) is 0.932. The average Bonchev–Trinajstić information content (AvgIpc) is 2.69. The van der Waals surface area contributed by atoms with Crippen molar-refractivity contribution in [3.63, 3.8) is 0 Å². The number of hydrogen-bond donors (Lipinski definition) is 1. The molecule has 2 aromatic rings. The Morgan fingerprint density at radius 1 is 1.47 bits per heavy atom. The van der Waals surface area contributed by atoms with E-state index >= 15 is 0 Å². The molecule has 0 saturated carbocycles. The van der Waals surface area contributed by atoms with Crippen molar-refractivity contribution in [1.82, 2.24) is 15.0 Å². The predicted molar refractivity (Wildman–Crippen MR) is 59.5 cm³/mol. The molecule has 19 heavy (non-hydrogen) atoms. The Kier molecular flexibility index (Phi) is 3.17. The highest BCUT2D eigenvalue weighted by Gasteiger charge is 2.31. The molecule has 0 saturated heterocycles. The van der Waals surface area contributed by atoms with Gasteiger partial charge in [0.2, 0.25) is 0 Å². The third kappa shape index (κ3) is 2.67. The lowest BCUT2D eigenvalue weighted by atomic mass is 10.2. The molecule has 0 radical (unpaired) electrons. The molecule has 0 bridgehead atoms. The Morgan fingerprint density at radius 2 is 2.16 bits per heavy atom. The molecule has 8 heteroatoms. The Morgan fingerprint density at radius 3 is 2.74 bits per heavy atom. The Hall–Kier alpha value is -2.12. The predicted octanol–water partition coefficient (Wildman–Crippen LogP) is 2.49. The maximum atomic E-state index is 12.5. The lowest BCUT2D eigenvalue weighted by Crippen LogP contribution is -2.12. The van der Waals surface area contributed by atoms with Crippen molar-refractivity contribution in [2.45, 2.75) is 25.6 Å². The molecule has 0 aliphatic rings. The van der Waals surface area contributed by atoms with Gasteiger partial charge in [0.15, 0.2) is 0 Å². The van der Waals surface area contributed by atoms with Crippen LogP contribution in [0.5, 0.6) is 0 Å². The lowest BCUT2D eigenvalue weighted by Gasteiger charge is -2.10. The van der Waals surface area contributed by atoms with E-state index in [0.29, 0.717) is 5.52 Å². The second kappa shape index (κ2) is 4.52. The van der Waals surface area contributed by atoms with E-state index < -0.39 is 23.8 Å². The number of aliphatic carboxylic acids is 1. The fourth-order valence-corrected chi connectivity index (χ4v) is 1.78. The molecule has 1 N–H and O–H groups in total. The van der Waals surface area contributed by atoms with Crippen molar-refractivity contribution >= 4 is 17.0 Å². The Bertz CT molecular complexity index is 621. The van der Waals surface area contributed by atoms with Gasteiger partial charge in [0.25, 0.3) is 0 Å². The molecule has 102 valence electrons. The van der Waals surface area contributed by atoms with Crippen molar-refractivity contribution in [1.29, 1.82) is 0 Å². The molecule has 1 aromatic carbocycles. The Balaban J connectivity index is 2.42. The van der Waals surface area contributed by atoms with Gasteiger partial charge in [-0.3, -0.25) is 4.79 Å². The van der Waals surface area contributed by atoms with E-state index in [9.17, 15) is 18.0 Å². The summed E-state index contributed by atoms with van der Waals surface area (Å²) >= 11 is 0. The number of benzene rings is 1. The zero-order chi connectivity index (χ0) is 14.2. The SMILES string of the molecule is CC(CC(=O)O)n1nnc2cc(C(F)(F)F)ccc21. The van der Waals surface area contributed by atoms with Crippen molar-refractivity contribution in [3.8, 4) is 0 Å². The molecule has 2 rings (SSSR count). The average molecular weight is 273 g/mol. The number of carboxylic acids is 1. The first-order valence-electron chi connectivity index (χ1n) is 5.43. The number of carboxylic acid groups (broad SMARTS) is 1. The number of carbonyl (C=O) groups is 1. The summed E-state index contributed by atoms with van der Waals surface area (Å²) in [6.45, 7) is 1.61. The summed E-state index contributed by atoms with van der Waals surface area (Å²) in [7, 11) is 0. The molecule has 1 unspecified atom stereocenters. The standard InChI is InChI=1S/C11H10F3N3O2/c1-6(4-10(18)19)17-9-3-2-7(11(12,13)14)5-8(9)15-16-17/h2-3,5-6H,4H2,1H3,(H,18,19). The summed E-state index contributed by atoms with van der Waals surface area (Å²) in [4.78, 5) is 10.6. The van der Waals surface area contributed by atoms with Gasteiger partial charge in [0.05, 0.1) is 23.5 Å². The molecule has 0 aliphatic heterocycles. The number of hydrogen-bond acceptors (Lipinski definition) is 3. The fourth-order valence-electron chi connectivity index (χ4n) is 1.78. The summed E-state index contributed by atoms with van der Waals surface area (Å²) in [6, 6.07) is 2.58. The molecule has 0 fully saturated rings. The van der Waals surface area contributed by atoms with Crippen molar-refractivity contribution in [3.05, 3.63) is 23.8 Å². The van der Waals surface area contributed by atoms with Crippen LogP contribution in [0.3, 0.4) is 0 Å².